The predicted molar refractivity (Wildman–Crippen MR) is 124 cm³/mol. The molecular weight excluding hydrogens is 467 g/mol. The van der Waals surface area contributed by atoms with Crippen molar-refractivity contribution in [1.82, 2.24) is 20.5 Å². The van der Waals surface area contributed by atoms with Crippen molar-refractivity contribution in [3.05, 3.63) is 23.9 Å². The summed E-state index contributed by atoms with van der Waals surface area (Å²) in [6.45, 7) is 7.85. The number of guanidine groups is 1. The van der Waals surface area contributed by atoms with Crippen molar-refractivity contribution in [3.63, 3.8) is 0 Å². The van der Waals surface area contributed by atoms with Crippen LogP contribution >= 0.6 is 24.0 Å². The van der Waals surface area contributed by atoms with E-state index in [1.165, 1.54) is 18.4 Å². The highest BCUT2D eigenvalue weighted by Gasteiger charge is 2.41. The second-order valence-corrected chi connectivity index (χ2v) is 7.87. The maximum atomic E-state index is 5.95. The van der Waals surface area contributed by atoms with E-state index in [1.54, 1.807) is 0 Å². The Kier molecular flexibility index (Phi) is 7.76. The lowest BCUT2D eigenvalue weighted by atomic mass is 9.96. The zero-order valence-electron chi connectivity index (χ0n) is 16.9. The number of ether oxygens (including phenoxy) is 1. The molecule has 28 heavy (non-hydrogen) atoms. The Morgan fingerprint density at radius 3 is 2.79 bits per heavy atom. The summed E-state index contributed by atoms with van der Waals surface area (Å²) in [5.74, 6) is 1.95. The van der Waals surface area contributed by atoms with Gasteiger partial charge in [-0.05, 0) is 50.9 Å². The summed E-state index contributed by atoms with van der Waals surface area (Å²) < 4.78 is 5.95. The van der Waals surface area contributed by atoms with Crippen LogP contribution in [0.1, 0.15) is 31.7 Å². The molecule has 2 N–H and O–H groups in total. The molecule has 0 amide bonds. The number of aliphatic imine (C=N–C) groups is 1. The molecule has 0 saturated carbocycles. The first-order valence-corrected chi connectivity index (χ1v) is 10.3. The normalized spacial score (nSPS) is 27.6. The van der Waals surface area contributed by atoms with Gasteiger partial charge in [0.25, 0.3) is 0 Å². The monoisotopic (exact) mass is 500 g/mol. The zero-order valence-corrected chi connectivity index (χ0v) is 19.3. The third-order valence-corrected chi connectivity index (χ3v) is 5.83. The molecule has 3 aliphatic heterocycles. The van der Waals surface area contributed by atoms with Crippen LogP contribution in [-0.2, 0) is 11.3 Å². The molecule has 1 aromatic heterocycles. The van der Waals surface area contributed by atoms with Gasteiger partial charge < -0.3 is 25.2 Å². The van der Waals surface area contributed by atoms with Crippen LogP contribution in [0.2, 0.25) is 0 Å². The quantitative estimate of drug-likeness (QED) is 0.366. The number of anilines is 1. The Labute approximate surface area is 185 Å². The number of nitrogens with one attached hydrogen (secondary N) is 2. The lowest BCUT2D eigenvalue weighted by molar-refractivity contribution is 0.0992. The van der Waals surface area contributed by atoms with Crippen LogP contribution in [0.5, 0.6) is 0 Å². The minimum atomic E-state index is 0. The molecule has 7 nitrogen and oxygen atoms in total. The molecule has 0 radical (unpaired) electrons. The second-order valence-electron chi connectivity index (χ2n) is 7.87. The smallest absolute Gasteiger partial charge is 0.191 e. The number of rotatable bonds is 5. The van der Waals surface area contributed by atoms with E-state index in [0.29, 0.717) is 24.8 Å². The maximum absolute atomic E-state index is 5.95. The highest BCUT2D eigenvalue weighted by atomic mass is 127. The Balaban J connectivity index is 0.00000225. The summed E-state index contributed by atoms with van der Waals surface area (Å²) in [6.07, 6.45) is 6.18. The van der Waals surface area contributed by atoms with E-state index in [9.17, 15) is 0 Å². The van der Waals surface area contributed by atoms with Gasteiger partial charge in [0, 0.05) is 38.9 Å². The highest BCUT2D eigenvalue weighted by molar-refractivity contribution is 14.0. The summed E-state index contributed by atoms with van der Waals surface area (Å²) in [5.41, 5.74) is 1.19. The average molecular weight is 500 g/mol. The third-order valence-electron chi connectivity index (χ3n) is 5.83. The van der Waals surface area contributed by atoms with Gasteiger partial charge in [-0.25, -0.2) is 9.98 Å². The predicted octanol–water partition coefficient (Wildman–Crippen LogP) is 1.83. The van der Waals surface area contributed by atoms with Gasteiger partial charge in [0.1, 0.15) is 5.82 Å². The van der Waals surface area contributed by atoms with Crippen molar-refractivity contribution in [2.24, 2.45) is 4.99 Å². The standard InChI is InChI=1S/C20H32N6O.HI/c1-3-21-20(24-17-13-16-4-5-18(17)27-16)23-14-15-6-7-22-19(12-15)26-10-8-25(2)9-11-26;/h6-7,12,16-18H,3-5,8-11,13-14H2,1-2H3,(H2,21,23,24);1H. The van der Waals surface area contributed by atoms with E-state index in [1.807, 2.05) is 6.20 Å². The highest BCUT2D eigenvalue weighted by Crippen LogP contribution is 2.34. The largest absolute Gasteiger partial charge is 0.373 e. The minimum absolute atomic E-state index is 0. The Morgan fingerprint density at radius 2 is 2.11 bits per heavy atom. The number of hydrogen-bond acceptors (Lipinski definition) is 5. The van der Waals surface area contributed by atoms with Gasteiger partial charge in [0.05, 0.1) is 24.8 Å². The number of fused-ring (bicyclic) bond motifs is 2. The summed E-state index contributed by atoms with van der Waals surface area (Å²) in [5, 5.41) is 6.96. The van der Waals surface area contributed by atoms with Crippen LogP contribution in [0, 0.1) is 0 Å². The summed E-state index contributed by atoms with van der Waals surface area (Å²) in [6, 6.07) is 4.63. The first-order chi connectivity index (χ1) is 13.2. The van der Waals surface area contributed by atoms with Crippen molar-refractivity contribution in [2.45, 2.75) is 51.0 Å². The molecule has 3 atom stereocenters. The number of aromatic nitrogens is 1. The van der Waals surface area contributed by atoms with Gasteiger partial charge >= 0.3 is 0 Å². The Bertz CT molecular complexity index is 664. The molecule has 3 fully saturated rings. The lowest BCUT2D eigenvalue weighted by Gasteiger charge is -2.33. The topological polar surface area (TPSA) is 65.0 Å². The molecule has 3 aliphatic rings. The average Bonchev–Trinajstić information content (AvgIpc) is 3.30. The van der Waals surface area contributed by atoms with E-state index in [2.05, 4.69) is 51.5 Å². The molecule has 0 aromatic carbocycles. The molecule has 156 valence electrons. The van der Waals surface area contributed by atoms with E-state index >= 15 is 0 Å². The molecule has 2 bridgehead atoms. The van der Waals surface area contributed by atoms with E-state index in [0.717, 1.165) is 50.9 Å². The summed E-state index contributed by atoms with van der Waals surface area (Å²) in [4.78, 5) is 14.1. The Morgan fingerprint density at radius 1 is 1.29 bits per heavy atom. The second kappa shape index (κ2) is 10.1. The van der Waals surface area contributed by atoms with Crippen molar-refractivity contribution in [3.8, 4) is 0 Å². The zero-order chi connectivity index (χ0) is 18.6. The van der Waals surface area contributed by atoms with Gasteiger partial charge in [-0.3, -0.25) is 0 Å². The fraction of sp³-hybridized carbons (Fsp3) is 0.700. The Hall–Kier alpha value is -1.13. The molecule has 0 spiro atoms. The van der Waals surface area contributed by atoms with Crippen LogP contribution in [0.4, 0.5) is 5.82 Å². The van der Waals surface area contributed by atoms with Crippen LogP contribution in [-0.4, -0.2) is 73.9 Å². The van der Waals surface area contributed by atoms with Crippen LogP contribution in [0.3, 0.4) is 0 Å². The summed E-state index contributed by atoms with van der Waals surface area (Å²) in [7, 11) is 2.17. The maximum Gasteiger partial charge on any atom is 0.191 e. The molecule has 1 aromatic rings. The van der Waals surface area contributed by atoms with Crippen LogP contribution < -0.4 is 15.5 Å². The van der Waals surface area contributed by atoms with E-state index in [4.69, 9.17) is 9.73 Å². The molecule has 4 rings (SSSR count). The summed E-state index contributed by atoms with van der Waals surface area (Å²) >= 11 is 0. The first-order valence-electron chi connectivity index (χ1n) is 10.3. The van der Waals surface area contributed by atoms with Gasteiger partial charge in [-0.15, -0.1) is 24.0 Å². The van der Waals surface area contributed by atoms with Crippen LogP contribution in [0.15, 0.2) is 23.3 Å². The van der Waals surface area contributed by atoms with Crippen molar-refractivity contribution in [2.75, 3.05) is 44.7 Å². The van der Waals surface area contributed by atoms with Crippen molar-refractivity contribution in [1.29, 1.82) is 0 Å². The molecule has 3 saturated heterocycles. The number of piperazine rings is 1. The molecule has 4 heterocycles. The number of pyridine rings is 1. The third kappa shape index (κ3) is 5.27. The van der Waals surface area contributed by atoms with Gasteiger partial charge in [0.2, 0.25) is 0 Å². The number of hydrogen-bond donors (Lipinski definition) is 2. The minimum Gasteiger partial charge on any atom is -0.373 e. The van der Waals surface area contributed by atoms with Crippen molar-refractivity contribution < 1.29 is 4.74 Å². The first kappa shape index (κ1) is 21.6. The fourth-order valence-electron chi connectivity index (χ4n) is 4.22. The lowest BCUT2D eigenvalue weighted by Crippen LogP contribution is -2.47. The number of nitrogens with zero attached hydrogens (tertiary/aromatic N) is 4. The molecular formula is C20H33IN6O. The van der Waals surface area contributed by atoms with Crippen molar-refractivity contribution >= 4 is 35.8 Å². The van der Waals surface area contributed by atoms with E-state index in [-0.39, 0.29) is 24.0 Å². The SMILES string of the molecule is CCNC(=NCc1ccnc(N2CCN(C)CC2)c1)NC1CC2CCC1O2.I. The molecule has 0 aliphatic carbocycles. The molecule has 3 unspecified atom stereocenters. The van der Waals surface area contributed by atoms with Gasteiger partial charge in [-0.1, -0.05) is 0 Å². The number of halogens is 1. The van der Waals surface area contributed by atoms with E-state index < -0.39 is 0 Å². The number of likely N-dealkylation sites (N-methyl/N-ethyl adjacent to an activating group) is 1. The van der Waals surface area contributed by atoms with Gasteiger partial charge in [0.15, 0.2) is 5.96 Å². The fourth-order valence-corrected chi connectivity index (χ4v) is 4.22. The van der Waals surface area contributed by atoms with Gasteiger partial charge in [-0.2, -0.15) is 0 Å². The van der Waals surface area contributed by atoms with Crippen LogP contribution in [0.25, 0.3) is 0 Å². The molecule has 8 heteroatoms.